The van der Waals surface area contributed by atoms with E-state index in [0.717, 1.165) is 0 Å². The molecule has 0 spiro atoms. The van der Waals surface area contributed by atoms with Gasteiger partial charge in [-0.1, -0.05) is 24.3 Å². The molecule has 3 aromatic rings. The van der Waals surface area contributed by atoms with Crippen LogP contribution in [0.3, 0.4) is 0 Å². The molecule has 2 heterocycles. The number of ether oxygens (including phenoxy) is 1. The molecule has 2 amide bonds. The minimum absolute atomic E-state index is 0.0260. The highest BCUT2D eigenvalue weighted by molar-refractivity contribution is 5.95. The Morgan fingerprint density at radius 3 is 2.46 bits per heavy atom. The zero-order valence-electron chi connectivity index (χ0n) is 20.1. The Balaban J connectivity index is 1.51. The van der Waals surface area contributed by atoms with Crippen LogP contribution in [0.25, 0.3) is 10.8 Å². The van der Waals surface area contributed by atoms with Gasteiger partial charge in [-0.25, -0.2) is 14.3 Å². The Morgan fingerprint density at radius 1 is 1.03 bits per heavy atom. The van der Waals surface area contributed by atoms with E-state index >= 15 is 0 Å². The van der Waals surface area contributed by atoms with Gasteiger partial charge in [0.15, 0.2) is 0 Å². The summed E-state index contributed by atoms with van der Waals surface area (Å²) in [6.07, 6.45) is 0.477. The van der Waals surface area contributed by atoms with Gasteiger partial charge in [-0.2, -0.15) is 5.10 Å². The summed E-state index contributed by atoms with van der Waals surface area (Å²) in [6, 6.07) is 11.6. The van der Waals surface area contributed by atoms with Crippen molar-refractivity contribution in [2.75, 3.05) is 26.2 Å². The van der Waals surface area contributed by atoms with Gasteiger partial charge in [0.05, 0.1) is 16.6 Å². The second-order valence-corrected chi connectivity index (χ2v) is 9.65. The molecule has 1 aliphatic rings. The summed E-state index contributed by atoms with van der Waals surface area (Å²) in [5.74, 6) is -1.03. The highest BCUT2D eigenvalue weighted by Gasteiger charge is 2.27. The second-order valence-electron chi connectivity index (χ2n) is 9.65. The minimum Gasteiger partial charge on any atom is -0.444 e. The lowest BCUT2D eigenvalue weighted by molar-refractivity contribution is 0.0255. The maximum absolute atomic E-state index is 14.7. The molecule has 1 N–H and O–H groups in total. The summed E-state index contributed by atoms with van der Waals surface area (Å²) < 4.78 is 20.2. The van der Waals surface area contributed by atoms with Crippen molar-refractivity contribution in [2.24, 2.45) is 0 Å². The van der Waals surface area contributed by atoms with Crippen molar-refractivity contribution in [3.8, 4) is 0 Å². The van der Waals surface area contributed by atoms with Gasteiger partial charge in [0.25, 0.3) is 11.5 Å². The van der Waals surface area contributed by atoms with Gasteiger partial charge in [0, 0.05) is 38.0 Å². The number of carbonyl (C=O) groups excluding carboxylic acids is 2. The number of nitrogens with one attached hydrogen (secondary N) is 1. The molecule has 1 aromatic heterocycles. The predicted octanol–water partition coefficient (Wildman–Crippen LogP) is 3.74. The highest BCUT2D eigenvalue weighted by Crippen LogP contribution is 2.20. The number of rotatable bonds is 3. The highest BCUT2D eigenvalue weighted by atomic mass is 19.1. The summed E-state index contributed by atoms with van der Waals surface area (Å²) in [5.41, 5.74) is 0.425. The largest absolute Gasteiger partial charge is 0.444 e. The van der Waals surface area contributed by atoms with Crippen molar-refractivity contribution in [1.82, 2.24) is 20.0 Å². The Hall–Kier alpha value is -3.75. The van der Waals surface area contributed by atoms with Crippen LogP contribution in [0.2, 0.25) is 0 Å². The van der Waals surface area contributed by atoms with Crippen molar-refractivity contribution >= 4 is 22.8 Å². The van der Waals surface area contributed by atoms with Crippen LogP contribution >= 0.6 is 0 Å². The van der Waals surface area contributed by atoms with Gasteiger partial charge < -0.3 is 14.5 Å². The first-order valence-corrected chi connectivity index (χ1v) is 11.6. The van der Waals surface area contributed by atoms with Crippen LogP contribution in [0.1, 0.15) is 48.8 Å². The lowest BCUT2D eigenvalue weighted by atomic mass is 10.0. The number of carbonyl (C=O) groups is 2. The molecule has 0 radical (unpaired) electrons. The molecular weight excluding hydrogens is 451 g/mol. The van der Waals surface area contributed by atoms with Crippen molar-refractivity contribution in [2.45, 2.75) is 39.2 Å². The first-order valence-electron chi connectivity index (χ1n) is 11.6. The monoisotopic (exact) mass is 480 g/mol. The lowest BCUT2D eigenvalue weighted by Crippen LogP contribution is -2.40. The lowest BCUT2D eigenvalue weighted by Gasteiger charge is -2.26. The zero-order valence-corrected chi connectivity index (χ0v) is 20.1. The van der Waals surface area contributed by atoms with Gasteiger partial charge in [-0.15, -0.1) is 0 Å². The molecular formula is C26H29FN4O4. The number of halogens is 1. The number of hydrogen-bond acceptors (Lipinski definition) is 5. The topological polar surface area (TPSA) is 95.6 Å². The second kappa shape index (κ2) is 9.85. The third-order valence-corrected chi connectivity index (χ3v) is 5.84. The molecule has 0 saturated carbocycles. The Labute approximate surface area is 202 Å². The maximum Gasteiger partial charge on any atom is 0.410 e. The van der Waals surface area contributed by atoms with Gasteiger partial charge in [-0.05, 0) is 51.0 Å². The maximum atomic E-state index is 14.7. The molecule has 0 atom stereocenters. The Kier molecular flexibility index (Phi) is 6.86. The van der Waals surface area contributed by atoms with Crippen molar-refractivity contribution in [3.05, 3.63) is 75.5 Å². The fourth-order valence-electron chi connectivity index (χ4n) is 4.15. The normalized spacial score (nSPS) is 14.6. The van der Waals surface area contributed by atoms with E-state index in [-0.39, 0.29) is 17.7 Å². The summed E-state index contributed by atoms with van der Waals surface area (Å²) >= 11 is 0. The molecule has 1 saturated heterocycles. The molecule has 184 valence electrons. The average Bonchev–Trinajstić information content (AvgIpc) is 3.07. The van der Waals surface area contributed by atoms with Crippen LogP contribution in [0, 0.1) is 5.82 Å². The molecule has 8 nitrogen and oxygen atoms in total. The average molecular weight is 481 g/mol. The molecule has 4 rings (SSSR count). The van der Waals surface area contributed by atoms with Crippen molar-refractivity contribution in [3.63, 3.8) is 0 Å². The van der Waals surface area contributed by atoms with Crippen LogP contribution in [0.4, 0.5) is 9.18 Å². The third-order valence-electron chi connectivity index (χ3n) is 5.84. The Bertz CT molecular complexity index is 1310. The fraction of sp³-hybridized carbons (Fsp3) is 0.385. The van der Waals surface area contributed by atoms with Crippen LogP contribution in [0.15, 0.2) is 47.3 Å². The number of fused-ring (bicyclic) bond motifs is 1. The SMILES string of the molecule is CC(C)(C)OC(=O)N1CCCN(C(=O)c2cc(Cc3n[nH]c(=O)c4ccccc34)ccc2F)CC1. The van der Waals surface area contributed by atoms with Crippen LogP contribution in [-0.2, 0) is 11.2 Å². The Morgan fingerprint density at radius 2 is 1.71 bits per heavy atom. The first kappa shape index (κ1) is 24.4. The zero-order chi connectivity index (χ0) is 25.2. The first-order chi connectivity index (χ1) is 16.6. The van der Waals surface area contributed by atoms with Gasteiger partial charge in [0.2, 0.25) is 0 Å². The number of benzene rings is 2. The quantitative estimate of drug-likeness (QED) is 0.616. The van der Waals surface area contributed by atoms with Crippen LogP contribution in [0.5, 0.6) is 0 Å². The molecule has 1 aliphatic heterocycles. The van der Waals surface area contributed by atoms with E-state index in [1.165, 1.54) is 12.1 Å². The molecule has 0 aliphatic carbocycles. The predicted molar refractivity (Wildman–Crippen MR) is 130 cm³/mol. The molecule has 0 unspecified atom stereocenters. The summed E-state index contributed by atoms with van der Waals surface area (Å²) in [7, 11) is 0. The molecule has 35 heavy (non-hydrogen) atoms. The molecule has 9 heteroatoms. The van der Waals surface area contributed by atoms with Crippen molar-refractivity contribution in [1.29, 1.82) is 0 Å². The van der Waals surface area contributed by atoms with E-state index in [1.807, 2.05) is 12.1 Å². The number of amides is 2. The number of nitrogens with zero attached hydrogens (tertiary/aromatic N) is 3. The van der Waals surface area contributed by atoms with E-state index in [9.17, 15) is 18.8 Å². The van der Waals surface area contributed by atoms with Gasteiger partial charge in [-0.3, -0.25) is 9.59 Å². The summed E-state index contributed by atoms with van der Waals surface area (Å²) in [6.45, 7) is 6.89. The van der Waals surface area contributed by atoms with Crippen molar-refractivity contribution < 1.29 is 18.7 Å². The number of hydrogen-bond donors (Lipinski definition) is 1. The van der Waals surface area contributed by atoms with E-state index < -0.39 is 23.4 Å². The fourth-order valence-corrected chi connectivity index (χ4v) is 4.15. The van der Waals surface area contributed by atoms with E-state index in [2.05, 4.69) is 10.2 Å². The number of H-pyrrole nitrogens is 1. The van der Waals surface area contributed by atoms with E-state index in [4.69, 9.17) is 4.74 Å². The smallest absolute Gasteiger partial charge is 0.410 e. The standard InChI is InChI=1S/C26H29FN4O4/c1-26(2,3)35-25(34)31-12-6-11-30(13-14-31)24(33)20-15-17(9-10-21(20)27)16-22-18-7-4-5-8-19(18)23(32)29-28-22/h4-5,7-10,15H,6,11-14,16H2,1-3H3,(H,29,32). The van der Waals surface area contributed by atoms with E-state index in [0.29, 0.717) is 54.5 Å². The number of aromatic nitrogens is 2. The molecule has 0 bridgehead atoms. The third kappa shape index (κ3) is 5.67. The van der Waals surface area contributed by atoms with Crippen LogP contribution < -0.4 is 5.56 Å². The minimum atomic E-state index is -0.605. The molecule has 2 aromatic carbocycles. The summed E-state index contributed by atoms with van der Waals surface area (Å²) in [4.78, 5) is 40.8. The van der Waals surface area contributed by atoms with Gasteiger partial charge in [0.1, 0.15) is 11.4 Å². The number of aromatic amines is 1. The van der Waals surface area contributed by atoms with E-state index in [1.54, 1.807) is 48.8 Å². The summed E-state index contributed by atoms with van der Waals surface area (Å²) in [5, 5.41) is 7.91. The van der Waals surface area contributed by atoms with Crippen LogP contribution in [-0.4, -0.2) is 63.8 Å². The van der Waals surface area contributed by atoms with Gasteiger partial charge >= 0.3 is 6.09 Å². The molecule has 1 fully saturated rings.